The Morgan fingerprint density at radius 3 is 2.74 bits per heavy atom. The molecule has 0 radical (unpaired) electrons. The van der Waals surface area contributed by atoms with Gasteiger partial charge in [0.1, 0.15) is 0 Å². The van der Waals surface area contributed by atoms with Gasteiger partial charge in [-0.2, -0.15) is 4.39 Å². The molecule has 0 saturated heterocycles. The summed E-state index contributed by atoms with van der Waals surface area (Å²) in [6.45, 7) is 0.679. The van der Waals surface area contributed by atoms with Gasteiger partial charge in [0.05, 0.1) is 10.6 Å². The van der Waals surface area contributed by atoms with E-state index in [-0.39, 0.29) is 5.28 Å². The molecule has 4 aromatic rings. The Bertz CT molecular complexity index is 1130. The number of halogens is 2. The number of nitrogens with zero attached hydrogens (tertiary/aromatic N) is 4. The minimum absolute atomic E-state index is 0.217. The molecule has 3 heterocycles. The second-order valence-corrected chi connectivity index (χ2v) is 7.84. The monoisotopic (exact) mass is 398 g/mol. The van der Waals surface area contributed by atoms with Crippen molar-refractivity contribution >= 4 is 33.0 Å². The molecule has 3 aromatic heterocycles. The molecule has 0 aliphatic carbocycles. The molecular formula is C20H16ClFN4S. The van der Waals surface area contributed by atoms with E-state index in [0.29, 0.717) is 6.54 Å². The first-order chi connectivity index (χ1) is 13.0. The summed E-state index contributed by atoms with van der Waals surface area (Å²) in [4.78, 5) is 15.1. The maximum atomic E-state index is 13.9. The first-order valence-corrected chi connectivity index (χ1v) is 9.52. The van der Waals surface area contributed by atoms with E-state index in [9.17, 15) is 4.39 Å². The summed E-state index contributed by atoms with van der Waals surface area (Å²) in [5.74, 6) is -0.483. The molecule has 4 nitrogen and oxygen atoms in total. The summed E-state index contributed by atoms with van der Waals surface area (Å²) >= 11 is 7.54. The Morgan fingerprint density at radius 1 is 1.11 bits per heavy atom. The van der Waals surface area contributed by atoms with Gasteiger partial charge in [-0.1, -0.05) is 18.2 Å². The van der Waals surface area contributed by atoms with Crippen molar-refractivity contribution in [1.29, 1.82) is 0 Å². The van der Waals surface area contributed by atoms with Crippen molar-refractivity contribution < 1.29 is 4.39 Å². The van der Waals surface area contributed by atoms with Gasteiger partial charge in [0.15, 0.2) is 0 Å². The molecule has 0 spiro atoms. The Labute approximate surface area is 165 Å². The molecule has 0 aliphatic heterocycles. The fourth-order valence-electron chi connectivity index (χ4n) is 3.05. The first kappa shape index (κ1) is 18.0. The number of aromatic nitrogens is 3. The Morgan fingerprint density at radius 2 is 1.96 bits per heavy atom. The lowest BCUT2D eigenvalue weighted by Crippen LogP contribution is -2.12. The van der Waals surface area contributed by atoms with Crippen LogP contribution < -0.4 is 0 Å². The van der Waals surface area contributed by atoms with E-state index >= 15 is 0 Å². The van der Waals surface area contributed by atoms with Gasteiger partial charge in [0.25, 0.3) is 0 Å². The van der Waals surface area contributed by atoms with Crippen LogP contribution in [0, 0.1) is 5.95 Å². The third kappa shape index (κ3) is 3.69. The van der Waals surface area contributed by atoms with Crippen LogP contribution in [0.25, 0.3) is 31.8 Å². The highest BCUT2D eigenvalue weighted by Gasteiger charge is 2.15. The molecule has 0 bridgehead atoms. The van der Waals surface area contributed by atoms with Gasteiger partial charge in [-0.3, -0.25) is 0 Å². The topological polar surface area (TPSA) is 41.9 Å². The van der Waals surface area contributed by atoms with Crippen molar-refractivity contribution in [2.45, 2.75) is 6.54 Å². The third-order valence-corrected chi connectivity index (χ3v) is 5.54. The quantitative estimate of drug-likeness (QED) is 0.346. The van der Waals surface area contributed by atoms with Crippen LogP contribution in [0.2, 0.25) is 5.28 Å². The highest BCUT2D eigenvalue weighted by atomic mass is 35.5. The summed E-state index contributed by atoms with van der Waals surface area (Å²) < 4.78 is 15.0. The van der Waals surface area contributed by atoms with Gasteiger partial charge in [-0.25, -0.2) is 15.0 Å². The van der Waals surface area contributed by atoms with Crippen LogP contribution in [-0.2, 0) is 6.54 Å². The molecule has 0 atom stereocenters. The predicted octanol–water partition coefficient (Wildman–Crippen LogP) is 5.27. The molecule has 0 unspecified atom stereocenters. The van der Waals surface area contributed by atoms with E-state index in [1.165, 1.54) is 6.07 Å². The molecule has 136 valence electrons. The second-order valence-electron chi connectivity index (χ2n) is 6.45. The summed E-state index contributed by atoms with van der Waals surface area (Å²) in [5, 5.41) is 1.30. The van der Waals surface area contributed by atoms with Crippen LogP contribution in [0.3, 0.4) is 0 Å². The molecule has 0 amide bonds. The van der Waals surface area contributed by atoms with Crippen molar-refractivity contribution in [3.05, 3.63) is 65.6 Å². The highest BCUT2D eigenvalue weighted by Crippen LogP contribution is 2.39. The minimum atomic E-state index is -0.483. The number of thiophene rings is 1. The summed E-state index contributed by atoms with van der Waals surface area (Å²) in [7, 11) is 3.96. The summed E-state index contributed by atoms with van der Waals surface area (Å²) in [5.41, 5.74) is 3.60. The number of rotatable bonds is 4. The Kier molecular flexibility index (Phi) is 4.86. The molecule has 1 aromatic carbocycles. The zero-order chi connectivity index (χ0) is 19.0. The van der Waals surface area contributed by atoms with Gasteiger partial charge in [-0.15, -0.1) is 11.3 Å². The van der Waals surface area contributed by atoms with Gasteiger partial charge in [-0.05, 0) is 54.3 Å². The van der Waals surface area contributed by atoms with Crippen molar-refractivity contribution in [1.82, 2.24) is 19.9 Å². The van der Waals surface area contributed by atoms with Crippen LogP contribution in [0.5, 0.6) is 0 Å². The smallest absolute Gasteiger partial charge is 0.222 e. The maximum Gasteiger partial charge on any atom is 0.222 e. The standard InChI is InChI=1S/C20H16ClFN4S/c1-26(2)11-13-10-24-18(22)9-15(13)14-5-3-4-12-8-17(27-19(12)14)16-6-7-23-20(21)25-16/h3-10H,11H2,1-2H3. The third-order valence-electron chi connectivity index (χ3n) is 4.15. The molecule has 27 heavy (non-hydrogen) atoms. The number of hydrogen-bond acceptors (Lipinski definition) is 5. The lowest BCUT2D eigenvalue weighted by molar-refractivity contribution is 0.401. The second kappa shape index (κ2) is 7.31. The number of fused-ring (bicyclic) bond motifs is 1. The molecule has 0 aliphatic rings. The van der Waals surface area contributed by atoms with E-state index in [0.717, 1.165) is 37.3 Å². The lowest BCUT2D eigenvalue weighted by Gasteiger charge is -2.14. The molecule has 4 rings (SSSR count). The van der Waals surface area contributed by atoms with Crippen molar-refractivity contribution in [2.24, 2.45) is 0 Å². The summed E-state index contributed by atoms with van der Waals surface area (Å²) in [6, 6.07) is 11.5. The molecular weight excluding hydrogens is 383 g/mol. The van der Waals surface area contributed by atoms with Crippen LogP contribution in [-0.4, -0.2) is 33.9 Å². The lowest BCUT2D eigenvalue weighted by atomic mass is 10.00. The first-order valence-electron chi connectivity index (χ1n) is 8.32. The van der Waals surface area contributed by atoms with E-state index in [2.05, 4.69) is 21.0 Å². The van der Waals surface area contributed by atoms with Crippen LogP contribution in [0.4, 0.5) is 4.39 Å². The SMILES string of the molecule is CN(C)Cc1cnc(F)cc1-c1cccc2cc(-c3ccnc(Cl)n3)sc12. The molecule has 0 N–H and O–H groups in total. The van der Waals surface area contributed by atoms with E-state index in [1.54, 1.807) is 23.7 Å². The largest absolute Gasteiger partial charge is 0.305 e. The van der Waals surface area contributed by atoms with Gasteiger partial charge in [0, 0.05) is 35.3 Å². The van der Waals surface area contributed by atoms with Crippen LogP contribution >= 0.6 is 22.9 Å². The molecule has 7 heteroatoms. The minimum Gasteiger partial charge on any atom is -0.305 e. The van der Waals surface area contributed by atoms with E-state index in [1.807, 2.05) is 43.3 Å². The maximum absolute atomic E-state index is 13.9. The Hall–Kier alpha value is -2.41. The van der Waals surface area contributed by atoms with Crippen LogP contribution in [0.1, 0.15) is 5.56 Å². The fraction of sp³-hybridized carbons (Fsp3) is 0.150. The fourth-order valence-corrected chi connectivity index (χ4v) is 4.35. The van der Waals surface area contributed by atoms with Gasteiger partial charge < -0.3 is 4.90 Å². The van der Waals surface area contributed by atoms with Crippen molar-refractivity contribution in [2.75, 3.05) is 14.1 Å². The molecule has 0 saturated carbocycles. The number of pyridine rings is 1. The summed E-state index contributed by atoms with van der Waals surface area (Å²) in [6.07, 6.45) is 3.26. The average molecular weight is 399 g/mol. The van der Waals surface area contributed by atoms with Gasteiger partial charge >= 0.3 is 0 Å². The normalized spacial score (nSPS) is 11.4. The zero-order valence-electron chi connectivity index (χ0n) is 14.8. The Balaban J connectivity index is 1.90. The number of hydrogen-bond donors (Lipinski definition) is 0. The van der Waals surface area contributed by atoms with Crippen molar-refractivity contribution in [3.63, 3.8) is 0 Å². The zero-order valence-corrected chi connectivity index (χ0v) is 16.4. The van der Waals surface area contributed by atoms with E-state index in [4.69, 9.17) is 11.6 Å². The molecule has 0 fully saturated rings. The van der Waals surface area contributed by atoms with Crippen molar-refractivity contribution in [3.8, 4) is 21.7 Å². The average Bonchev–Trinajstić information content (AvgIpc) is 3.07. The highest BCUT2D eigenvalue weighted by molar-refractivity contribution is 7.22. The van der Waals surface area contributed by atoms with Gasteiger partial charge in [0.2, 0.25) is 11.2 Å². The van der Waals surface area contributed by atoms with Crippen LogP contribution in [0.15, 0.2) is 48.8 Å². The number of benzene rings is 1. The predicted molar refractivity (Wildman–Crippen MR) is 108 cm³/mol. The van der Waals surface area contributed by atoms with E-state index < -0.39 is 5.95 Å².